The van der Waals surface area contributed by atoms with Crippen LogP contribution in [-0.2, 0) is 11.2 Å². The lowest BCUT2D eigenvalue weighted by Gasteiger charge is -2.10. The minimum atomic E-state index is -0.875. The van der Waals surface area contributed by atoms with Gasteiger partial charge in [0, 0.05) is 5.69 Å². The predicted octanol–water partition coefficient (Wildman–Crippen LogP) is 2.63. The van der Waals surface area contributed by atoms with Crippen LogP contribution in [0.5, 0.6) is 5.75 Å². The van der Waals surface area contributed by atoms with E-state index in [1.807, 2.05) is 30.3 Å². The number of benzene rings is 1. The molecule has 106 valence electrons. The summed E-state index contributed by atoms with van der Waals surface area (Å²) < 4.78 is 6.93. The summed E-state index contributed by atoms with van der Waals surface area (Å²) in [6.45, 7) is 4.11. The normalized spacial score (nSPS) is 10.8. The highest BCUT2D eigenvalue weighted by atomic mass is 16.5. The van der Waals surface area contributed by atoms with E-state index >= 15 is 0 Å². The van der Waals surface area contributed by atoms with Crippen LogP contribution in [-0.4, -0.2) is 28.0 Å². The summed E-state index contributed by atoms with van der Waals surface area (Å²) in [4.78, 5) is 10.8. The molecular weight excluding hydrogens is 256 g/mol. The Balaban J connectivity index is 2.42. The van der Waals surface area contributed by atoms with E-state index in [1.165, 1.54) is 0 Å². The zero-order valence-corrected chi connectivity index (χ0v) is 11.8. The summed E-state index contributed by atoms with van der Waals surface area (Å²) in [5.74, 6) is 0.157. The van der Waals surface area contributed by atoms with Crippen LogP contribution in [0.2, 0.25) is 0 Å². The van der Waals surface area contributed by atoms with Gasteiger partial charge in [-0.15, -0.1) is 0 Å². The summed E-state index contributed by atoms with van der Waals surface area (Å²) >= 11 is 0. The molecule has 0 fully saturated rings. The van der Waals surface area contributed by atoms with Crippen molar-refractivity contribution < 1.29 is 14.6 Å². The van der Waals surface area contributed by atoms with E-state index in [9.17, 15) is 4.79 Å². The Hall–Kier alpha value is -2.30. The van der Waals surface area contributed by atoms with Crippen molar-refractivity contribution in [3.8, 4) is 11.4 Å². The molecule has 5 heteroatoms. The second-order valence-corrected chi connectivity index (χ2v) is 4.90. The third-order valence-corrected chi connectivity index (χ3v) is 3.03. The molecule has 1 aromatic carbocycles. The molecule has 20 heavy (non-hydrogen) atoms. The quantitative estimate of drug-likeness (QED) is 0.910. The number of carboxylic acid groups (broad SMARTS) is 1. The first kappa shape index (κ1) is 14.1. The van der Waals surface area contributed by atoms with Crippen molar-refractivity contribution in [1.82, 2.24) is 9.78 Å². The van der Waals surface area contributed by atoms with Crippen LogP contribution >= 0.6 is 0 Å². The van der Waals surface area contributed by atoms with Crippen molar-refractivity contribution in [1.29, 1.82) is 0 Å². The highest BCUT2D eigenvalue weighted by molar-refractivity contribution is 5.69. The first-order chi connectivity index (χ1) is 9.51. The molecule has 0 atom stereocenters. The Morgan fingerprint density at radius 2 is 2.00 bits per heavy atom. The fourth-order valence-corrected chi connectivity index (χ4v) is 2.03. The summed E-state index contributed by atoms with van der Waals surface area (Å²) in [5.41, 5.74) is 2.45. The van der Waals surface area contributed by atoms with Gasteiger partial charge in [0.2, 0.25) is 0 Å². The molecule has 1 aromatic heterocycles. The van der Waals surface area contributed by atoms with E-state index < -0.39 is 5.97 Å². The van der Waals surface area contributed by atoms with Crippen LogP contribution < -0.4 is 4.74 Å². The molecule has 0 bridgehead atoms. The van der Waals surface area contributed by atoms with Crippen molar-refractivity contribution in [2.24, 2.45) is 0 Å². The first-order valence-corrected chi connectivity index (χ1v) is 6.46. The molecule has 0 amide bonds. The van der Waals surface area contributed by atoms with Crippen molar-refractivity contribution in [3.05, 3.63) is 41.7 Å². The van der Waals surface area contributed by atoms with Gasteiger partial charge >= 0.3 is 5.97 Å². The van der Waals surface area contributed by atoms with Crippen molar-refractivity contribution in [2.45, 2.75) is 26.2 Å². The van der Waals surface area contributed by atoms with Crippen molar-refractivity contribution in [2.75, 3.05) is 7.11 Å². The highest BCUT2D eigenvalue weighted by Crippen LogP contribution is 2.22. The third-order valence-electron chi connectivity index (χ3n) is 3.03. The Kier molecular flexibility index (Phi) is 4.08. The molecule has 2 rings (SSSR count). The predicted molar refractivity (Wildman–Crippen MR) is 75.5 cm³/mol. The van der Waals surface area contributed by atoms with Crippen molar-refractivity contribution in [3.63, 3.8) is 0 Å². The summed E-state index contributed by atoms with van der Waals surface area (Å²) in [6.07, 6.45) is -0.0666. The van der Waals surface area contributed by atoms with Gasteiger partial charge in [-0.05, 0) is 36.2 Å². The Bertz CT molecular complexity index is 600. The van der Waals surface area contributed by atoms with Gasteiger partial charge in [0.15, 0.2) is 0 Å². The van der Waals surface area contributed by atoms with E-state index in [4.69, 9.17) is 9.84 Å². The van der Waals surface area contributed by atoms with Gasteiger partial charge in [0.25, 0.3) is 0 Å². The third kappa shape index (κ3) is 2.99. The van der Waals surface area contributed by atoms with E-state index in [0.717, 1.165) is 17.1 Å². The molecule has 2 aromatic rings. The zero-order chi connectivity index (χ0) is 14.7. The van der Waals surface area contributed by atoms with Crippen LogP contribution in [0.15, 0.2) is 30.3 Å². The second-order valence-electron chi connectivity index (χ2n) is 4.90. The minimum absolute atomic E-state index is 0.0666. The van der Waals surface area contributed by atoms with Gasteiger partial charge in [-0.3, -0.25) is 4.79 Å². The molecule has 0 aliphatic rings. The average Bonchev–Trinajstić information content (AvgIpc) is 2.82. The van der Waals surface area contributed by atoms with Gasteiger partial charge in [0.1, 0.15) is 5.75 Å². The number of methoxy groups -OCH3 is 1. The van der Waals surface area contributed by atoms with E-state index in [1.54, 1.807) is 11.8 Å². The summed E-state index contributed by atoms with van der Waals surface area (Å²) in [5, 5.41) is 13.3. The number of aliphatic carboxylic acids is 1. The van der Waals surface area contributed by atoms with Crippen LogP contribution in [0.4, 0.5) is 0 Å². The number of hydrogen-bond donors (Lipinski definition) is 1. The molecule has 0 aliphatic heterocycles. The maximum absolute atomic E-state index is 10.8. The molecule has 0 spiro atoms. The molecule has 1 heterocycles. The molecular formula is C15H18N2O3. The van der Waals surface area contributed by atoms with Crippen LogP contribution in [0.3, 0.4) is 0 Å². The molecule has 0 unspecified atom stereocenters. The molecule has 0 saturated carbocycles. The number of carboxylic acids is 1. The fraction of sp³-hybridized carbons (Fsp3) is 0.333. The Morgan fingerprint density at radius 3 is 2.50 bits per heavy atom. The lowest BCUT2D eigenvalue weighted by molar-refractivity contribution is -0.136. The second kappa shape index (κ2) is 5.77. The smallest absolute Gasteiger partial charge is 0.309 e. The number of rotatable bonds is 5. The van der Waals surface area contributed by atoms with Crippen LogP contribution in [0.25, 0.3) is 5.69 Å². The highest BCUT2D eigenvalue weighted by Gasteiger charge is 2.14. The first-order valence-electron chi connectivity index (χ1n) is 6.46. The monoisotopic (exact) mass is 274 g/mol. The number of carbonyl (C=O) groups is 1. The zero-order valence-electron chi connectivity index (χ0n) is 11.8. The van der Waals surface area contributed by atoms with Gasteiger partial charge in [-0.1, -0.05) is 13.8 Å². The summed E-state index contributed by atoms with van der Waals surface area (Å²) in [7, 11) is 1.62. The van der Waals surface area contributed by atoms with Gasteiger partial charge in [0.05, 0.1) is 24.9 Å². The summed E-state index contributed by atoms with van der Waals surface area (Å²) in [6, 6.07) is 9.38. The number of nitrogens with zero attached hydrogens (tertiary/aromatic N) is 2. The average molecular weight is 274 g/mol. The largest absolute Gasteiger partial charge is 0.497 e. The molecule has 0 radical (unpaired) electrons. The van der Waals surface area contributed by atoms with E-state index in [0.29, 0.717) is 5.69 Å². The van der Waals surface area contributed by atoms with Gasteiger partial charge in [-0.25, -0.2) is 4.68 Å². The van der Waals surface area contributed by atoms with Crippen LogP contribution in [0.1, 0.15) is 31.2 Å². The number of aromatic nitrogens is 2. The van der Waals surface area contributed by atoms with Gasteiger partial charge in [-0.2, -0.15) is 5.10 Å². The van der Waals surface area contributed by atoms with Crippen molar-refractivity contribution >= 4 is 5.97 Å². The minimum Gasteiger partial charge on any atom is -0.497 e. The van der Waals surface area contributed by atoms with Gasteiger partial charge < -0.3 is 9.84 Å². The standard InChI is InChI=1S/C15H18N2O3/c1-10(2)14-8-11(9-15(18)19)16-17(14)12-4-6-13(20-3)7-5-12/h4-8,10H,9H2,1-3H3,(H,18,19). The SMILES string of the molecule is COc1ccc(-n2nc(CC(=O)O)cc2C(C)C)cc1. The molecule has 5 nitrogen and oxygen atoms in total. The lowest BCUT2D eigenvalue weighted by atomic mass is 10.1. The molecule has 1 N–H and O–H groups in total. The van der Waals surface area contributed by atoms with Crippen LogP contribution in [0, 0.1) is 0 Å². The Labute approximate surface area is 117 Å². The maximum Gasteiger partial charge on any atom is 0.309 e. The topological polar surface area (TPSA) is 64.4 Å². The fourth-order valence-electron chi connectivity index (χ4n) is 2.03. The molecule has 0 aliphatic carbocycles. The lowest BCUT2D eigenvalue weighted by Crippen LogP contribution is -2.05. The number of ether oxygens (including phenoxy) is 1. The number of hydrogen-bond acceptors (Lipinski definition) is 3. The molecule has 0 saturated heterocycles. The Morgan fingerprint density at radius 1 is 1.35 bits per heavy atom. The maximum atomic E-state index is 10.8. The van der Waals surface area contributed by atoms with E-state index in [-0.39, 0.29) is 12.3 Å². The van der Waals surface area contributed by atoms with E-state index in [2.05, 4.69) is 18.9 Å².